The van der Waals surface area contributed by atoms with Gasteiger partial charge in [-0.2, -0.15) is 0 Å². The number of nitro benzene ring substituents is 1. The summed E-state index contributed by atoms with van der Waals surface area (Å²) in [6.45, 7) is 6.03. The minimum absolute atomic E-state index is 0.145. The maximum atomic E-state index is 12.6. The average Bonchev–Trinajstić information content (AvgIpc) is 2.66. The molecule has 1 heterocycles. The monoisotopic (exact) mass is 391 g/mol. The number of nitrogens with zero attached hydrogens (tertiary/aromatic N) is 1. The van der Waals surface area contributed by atoms with Gasteiger partial charge in [-0.1, -0.05) is 26.3 Å². The van der Waals surface area contributed by atoms with Crippen molar-refractivity contribution in [2.75, 3.05) is 13.2 Å². The molecule has 2 N–H and O–H groups in total. The Morgan fingerprint density at radius 3 is 2.61 bits per heavy atom. The first-order valence-corrected chi connectivity index (χ1v) is 9.31. The zero-order valence-corrected chi connectivity index (χ0v) is 16.2. The molecule has 1 unspecified atom stereocenters. The van der Waals surface area contributed by atoms with Crippen LogP contribution in [0.15, 0.2) is 29.5 Å². The zero-order valence-electron chi connectivity index (χ0n) is 16.2. The lowest BCUT2D eigenvalue weighted by Crippen LogP contribution is -2.46. The maximum Gasteiger partial charge on any atom is 0.338 e. The average molecular weight is 391 g/mol. The zero-order chi connectivity index (χ0) is 20.7. The Kier molecular flexibility index (Phi) is 7.36. The number of hydrogen-bond donors (Lipinski definition) is 2. The molecule has 152 valence electrons. The summed E-state index contributed by atoms with van der Waals surface area (Å²) in [4.78, 5) is 35.6. The van der Waals surface area contributed by atoms with Crippen LogP contribution in [0.25, 0.3) is 0 Å². The van der Waals surface area contributed by atoms with Crippen LogP contribution in [-0.4, -0.2) is 30.1 Å². The normalized spacial score (nSPS) is 16.2. The minimum Gasteiger partial charge on any atom is -0.487 e. The van der Waals surface area contributed by atoms with Gasteiger partial charge in [-0.15, -0.1) is 0 Å². The molecule has 0 saturated heterocycles. The SMILES string of the molecule is CCCOc1ccc(C2NC(=O)NC(CCC)=C2C(=O)OCC)cc1[N+](=O)[O-]. The molecule has 0 bridgehead atoms. The van der Waals surface area contributed by atoms with E-state index in [2.05, 4.69) is 10.6 Å². The molecule has 0 aliphatic carbocycles. The van der Waals surface area contributed by atoms with Gasteiger partial charge in [0.1, 0.15) is 0 Å². The van der Waals surface area contributed by atoms with Crippen molar-refractivity contribution in [3.8, 4) is 5.75 Å². The van der Waals surface area contributed by atoms with Gasteiger partial charge in [-0.25, -0.2) is 9.59 Å². The van der Waals surface area contributed by atoms with Crippen LogP contribution in [0.1, 0.15) is 51.6 Å². The van der Waals surface area contributed by atoms with Crippen LogP contribution in [0.4, 0.5) is 10.5 Å². The number of nitro groups is 1. The van der Waals surface area contributed by atoms with E-state index in [1.807, 2.05) is 13.8 Å². The van der Waals surface area contributed by atoms with E-state index in [9.17, 15) is 19.7 Å². The maximum absolute atomic E-state index is 12.6. The van der Waals surface area contributed by atoms with E-state index in [1.54, 1.807) is 13.0 Å². The Morgan fingerprint density at radius 1 is 1.25 bits per heavy atom. The Morgan fingerprint density at radius 2 is 2.00 bits per heavy atom. The smallest absolute Gasteiger partial charge is 0.338 e. The van der Waals surface area contributed by atoms with Crippen LogP contribution in [-0.2, 0) is 9.53 Å². The van der Waals surface area contributed by atoms with Crippen molar-refractivity contribution in [2.45, 2.75) is 46.1 Å². The minimum atomic E-state index is -0.853. The van der Waals surface area contributed by atoms with E-state index in [4.69, 9.17) is 9.47 Å². The number of carbonyl (C=O) groups excluding carboxylic acids is 2. The highest BCUT2D eigenvalue weighted by Gasteiger charge is 2.34. The van der Waals surface area contributed by atoms with E-state index >= 15 is 0 Å². The van der Waals surface area contributed by atoms with Gasteiger partial charge in [0.05, 0.1) is 29.8 Å². The largest absolute Gasteiger partial charge is 0.487 e. The molecule has 1 aliphatic rings. The second kappa shape index (κ2) is 9.72. The summed E-state index contributed by atoms with van der Waals surface area (Å²) in [5.41, 5.74) is 0.893. The van der Waals surface area contributed by atoms with Crippen molar-refractivity contribution < 1.29 is 24.0 Å². The molecule has 1 aromatic carbocycles. The number of ether oxygens (including phenoxy) is 2. The number of esters is 1. The Hall–Kier alpha value is -3.10. The molecule has 0 fully saturated rings. The van der Waals surface area contributed by atoms with Crippen LogP contribution in [0, 0.1) is 10.1 Å². The Bertz CT molecular complexity index is 790. The van der Waals surface area contributed by atoms with Gasteiger partial charge in [0.15, 0.2) is 5.75 Å². The molecule has 0 radical (unpaired) electrons. The quantitative estimate of drug-likeness (QED) is 0.378. The molecule has 1 atom stereocenters. The van der Waals surface area contributed by atoms with E-state index in [-0.39, 0.29) is 23.6 Å². The van der Waals surface area contributed by atoms with E-state index < -0.39 is 23.0 Å². The van der Waals surface area contributed by atoms with Crippen molar-refractivity contribution in [3.05, 3.63) is 45.1 Å². The number of hydrogen-bond acceptors (Lipinski definition) is 6. The van der Waals surface area contributed by atoms with Crippen molar-refractivity contribution in [3.63, 3.8) is 0 Å². The fraction of sp³-hybridized carbons (Fsp3) is 0.474. The molecule has 28 heavy (non-hydrogen) atoms. The van der Waals surface area contributed by atoms with Crippen molar-refractivity contribution in [1.29, 1.82) is 0 Å². The first-order valence-electron chi connectivity index (χ1n) is 9.31. The first-order chi connectivity index (χ1) is 13.4. The lowest BCUT2D eigenvalue weighted by atomic mass is 9.93. The molecular weight excluding hydrogens is 366 g/mol. The van der Waals surface area contributed by atoms with E-state index in [0.717, 1.165) is 0 Å². The van der Waals surface area contributed by atoms with Crippen molar-refractivity contribution in [2.24, 2.45) is 0 Å². The fourth-order valence-corrected chi connectivity index (χ4v) is 2.96. The van der Waals surface area contributed by atoms with Crippen LogP contribution >= 0.6 is 0 Å². The molecule has 1 aliphatic heterocycles. The molecule has 0 aromatic heterocycles. The molecule has 9 nitrogen and oxygen atoms in total. The summed E-state index contributed by atoms with van der Waals surface area (Å²) in [5.74, 6) is -0.427. The standard InChI is InChI=1S/C19H25N3O6/c1-4-7-13-16(18(23)27-6-3)17(21-19(24)20-13)12-8-9-15(28-10-5-2)14(11-12)22(25)26/h8-9,11,17H,4-7,10H2,1-3H3,(H2,20,21,24). The molecule has 2 rings (SSSR count). The molecule has 1 aromatic rings. The van der Waals surface area contributed by atoms with E-state index in [1.165, 1.54) is 12.1 Å². The lowest BCUT2D eigenvalue weighted by molar-refractivity contribution is -0.385. The van der Waals surface area contributed by atoms with Crippen molar-refractivity contribution >= 4 is 17.7 Å². The molecular formula is C19H25N3O6. The second-order valence-corrected chi connectivity index (χ2v) is 6.23. The number of nitrogens with one attached hydrogen (secondary N) is 2. The van der Waals surface area contributed by atoms with Gasteiger partial charge < -0.3 is 20.1 Å². The molecule has 0 saturated carbocycles. The van der Waals surface area contributed by atoms with Crippen LogP contribution < -0.4 is 15.4 Å². The highest BCUT2D eigenvalue weighted by molar-refractivity contribution is 5.95. The van der Waals surface area contributed by atoms with Crippen LogP contribution in [0.5, 0.6) is 5.75 Å². The number of rotatable bonds is 9. The highest BCUT2D eigenvalue weighted by Crippen LogP contribution is 2.35. The number of allylic oxidation sites excluding steroid dienone is 1. The summed E-state index contributed by atoms with van der Waals surface area (Å²) in [7, 11) is 0. The topological polar surface area (TPSA) is 120 Å². The lowest BCUT2D eigenvalue weighted by Gasteiger charge is -2.29. The van der Waals surface area contributed by atoms with Crippen molar-refractivity contribution in [1.82, 2.24) is 10.6 Å². The van der Waals surface area contributed by atoms with Gasteiger partial charge >= 0.3 is 17.7 Å². The third-order valence-electron chi connectivity index (χ3n) is 4.12. The summed E-state index contributed by atoms with van der Waals surface area (Å²) in [6.07, 6.45) is 1.88. The number of amides is 2. The van der Waals surface area contributed by atoms with E-state index in [0.29, 0.717) is 37.1 Å². The number of carbonyl (C=O) groups is 2. The highest BCUT2D eigenvalue weighted by atomic mass is 16.6. The number of urea groups is 1. The second-order valence-electron chi connectivity index (χ2n) is 6.23. The summed E-state index contributed by atoms with van der Waals surface area (Å²) < 4.78 is 10.6. The fourth-order valence-electron chi connectivity index (χ4n) is 2.96. The molecule has 0 spiro atoms. The Balaban J connectivity index is 2.53. The van der Waals surface area contributed by atoms with Gasteiger partial charge in [-0.05, 0) is 31.4 Å². The third-order valence-corrected chi connectivity index (χ3v) is 4.12. The third kappa shape index (κ3) is 4.79. The number of benzene rings is 1. The van der Waals surface area contributed by atoms with Gasteiger partial charge in [0, 0.05) is 11.8 Å². The molecule has 9 heteroatoms. The van der Waals surface area contributed by atoms with Crippen LogP contribution in [0.3, 0.4) is 0 Å². The van der Waals surface area contributed by atoms with Gasteiger partial charge in [0.25, 0.3) is 0 Å². The Labute approximate surface area is 163 Å². The predicted octanol–water partition coefficient (Wildman–Crippen LogP) is 3.35. The first kappa shape index (κ1) is 21.2. The van der Waals surface area contributed by atoms with Gasteiger partial charge in [-0.3, -0.25) is 10.1 Å². The molecule has 2 amide bonds. The summed E-state index contributed by atoms with van der Waals surface area (Å²) >= 11 is 0. The van der Waals surface area contributed by atoms with Crippen LogP contribution in [0.2, 0.25) is 0 Å². The van der Waals surface area contributed by atoms with Gasteiger partial charge in [0.2, 0.25) is 0 Å². The summed E-state index contributed by atoms with van der Waals surface area (Å²) in [6, 6.07) is 3.09. The summed E-state index contributed by atoms with van der Waals surface area (Å²) in [5, 5.41) is 16.8. The predicted molar refractivity (Wildman–Crippen MR) is 102 cm³/mol.